The molecule has 0 spiro atoms. The van der Waals surface area contributed by atoms with E-state index in [1.54, 1.807) is 12.3 Å². The van der Waals surface area contributed by atoms with E-state index in [1.165, 1.54) is 0 Å². The maximum Gasteiger partial charge on any atom is 0.303 e. The van der Waals surface area contributed by atoms with Crippen LogP contribution in [0.15, 0.2) is 53.1 Å². The highest BCUT2D eigenvalue weighted by Crippen LogP contribution is 2.23. The highest BCUT2D eigenvalue weighted by Gasteiger charge is 2.19. The molecule has 0 aliphatic carbocycles. The van der Waals surface area contributed by atoms with Gasteiger partial charge in [0.15, 0.2) is 0 Å². The molecule has 1 heterocycles. The number of carbonyl (C=O) groups excluding carboxylic acids is 1. The molecule has 22 heavy (non-hydrogen) atoms. The lowest BCUT2D eigenvalue weighted by Gasteiger charge is -2.15. The minimum atomic E-state index is -0.905. The number of hydrogen-bond donors (Lipinski definition) is 2. The minimum absolute atomic E-state index is 0.0599. The molecule has 0 saturated carbocycles. The Balaban J connectivity index is 1.86. The van der Waals surface area contributed by atoms with Crippen LogP contribution in [0.4, 0.5) is 0 Å². The normalized spacial score (nSPS) is 11.8. The molecule has 2 rings (SSSR count). The molecule has 0 fully saturated rings. The summed E-state index contributed by atoms with van der Waals surface area (Å²) in [5.74, 6) is -0.563. The van der Waals surface area contributed by atoms with Gasteiger partial charge in [0.1, 0.15) is 5.76 Å². The van der Waals surface area contributed by atoms with Gasteiger partial charge in [0.05, 0.1) is 12.7 Å². The van der Waals surface area contributed by atoms with Crippen molar-refractivity contribution in [2.75, 3.05) is 6.54 Å². The molecule has 0 aliphatic rings. The van der Waals surface area contributed by atoms with Crippen molar-refractivity contribution in [1.82, 2.24) is 5.32 Å². The van der Waals surface area contributed by atoms with E-state index >= 15 is 0 Å². The molecule has 1 aromatic carbocycles. The van der Waals surface area contributed by atoms with Crippen molar-refractivity contribution in [1.29, 1.82) is 0 Å². The monoisotopic (exact) mass is 301 g/mol. The average Bonchev–Trinajstić information content (AvgIpc) is 3.00. The third-order valence-corrected chi connectivity index (χ3v) is 3.40. The molecule has 1 amide bonds. The van der Waals surface area contributed by atoms with Crippen LogP contribution in [0.2, 0.25) is 0 Å². The van der Waals surface area contributed by atoms with E-state index < -0.39 is 5.97 Å². The fraction of sp³-hybridized carbons (Fsp3) is 0.294. The molecule has 0 radical (unpaired) electrons. The molecule has 2 aromatic rings. The molecule has 116 valence electrons. The summed E-state index contributed by atoms with van der Waals surface area (Å²) in [5, 5.41) is 11.8. The molecule has 1 atom stereocenters. The number of amides is 1. The van der Waals surface area contributed by atoms with Crippen LogP contribution in [0.3, 0.4) is 0 Å². The predicted molar refractivity (Wildman–Crippen MR) is 81.5 cm³/mol. The van der Waals surface area contributed by atoms with Gasteiger partial charge in [0.25, 0.3) is 0 Å². The number of carboxylic acid groups (broad SMARTS) is 1. The zero-order valence-corrected chi connectivity index (χ0v) is 12.2. The minimum Gasteiger partial charge on any atom is -0.481 e. The second kappa shape index (κ2) is 8.02. The highest BCUT2D eigenvalue weighted by molar-refractivity contribution is 5.78. The van der Waals surface area contributed by atoms with Crippen molar-refractivity contribution in [3.05, 3.63) is 60.1 Å². The summed E-state index contributed by atoms with van der Waals surface area (Å²) in [6.07, 6.45) is 2.31. The lowest BCUT2D eigenvalue weighted by molar-refractivity contribution is -0.137. The summed E-state index contributed by atoms with van der Waals surface area (Å²) in [6.45, 7) is 0.473. The van der Waals surface area contributed by atoms with Gasteiger partial charge < -0.3 is 14.8 Å². The van der Waals surface area contributed by atoms with Gasteiger partial charge in [-0.2, -0.15) is 0 Å². The Morgan fingerprint density at radius 3 is 2.50 bits per heavy atom. The molecule has 1 unspecified atom stereocenters. The zero-order valence-electron chi connectivity index (χ0n) is 12.2. The Bertz CT molecular complexity index is 592. The number of aliphatic carboxylic acids is 1. The van der Waals surface area contributed by atoms with Crippen LogP contribution in [0, 0.1) is 0 Å². The van der Waals surface area contributed by atoms with Crippen LogP contribution in [0.5, 0.6) is 0 Å². The van der Waals surface area contributed by atoms with Crippen molar-refractivity contribution >= 4 is 11.9 Å². The second-order valence-electron chi connectivity index (χ2n) is 5.09. The fourth-order valence-electron chi connectivity index (χ4n) is 2.32. The molecule has 1 aromatic heterocycles. The zero-order chi connectivity index (χ0) is 15.8. The summed E-state index contributed by atoms with van der Waals surface area (Å²) in [6, 6.07) is 12.9. The number of rotatable bonds is 8. The van der Waals surface area contributed by atoms with E-state index in [2.05, 4.69) is 5.32 Å². The van der Waals surface area contributed by atoms with Crippen LogP contribution in [-0.2, 0) is 16.0 Å². The molecule has 0 bridgehead atoms. The molecule has 2 N–H and O–H groups in total. The number of carboxylic acids is 1. The van der Waals surface area contributed by atoms with E-state index in [1.807, 2.05) is 36.4 Å². The van der Waals surface area contributed by atoms with Gasteiger partial charge in [0, 0.05) is 25.3 Å². The SMILES string of the molecule is O=C(O)CC(CC(=O)NCCc1ccco1)c1ccccc1. The molecule has 5 nitrogen and oxygen atoms in total. The first-order chi connectivity index (χ1) is 10.6. The summed E-state index contributed by atoms with van der Waals surface area (Å²) in [4.78, 5) is 23.0. The molecular weight excluding hydrogens is 282 g/mol. The van der Waals surface area contributed by atoms with Crippen molar-refractivity contribution in [3.63, 3.8) is 0 Å². The number of furan rings is 1. The topological polar surface area (TPSA) is 79.5 Å². The summed E-state index contributed by atoms with van der Waals surface area (Å²) in [5.41, 5.74) is 0.867. The fourth-order valence-corrected chi connectivity index (χ4v) is 2.32. The van der Waals surface area contributed by atoms with Gasteiger partial charge in [-0.15, -0.1) is 0 Å². The molecule has 0 saturated heterocycles. The Morgan fingerprint density at radius 1 is 1.09 bits per heavy atom. The van der Waals surface area contributed by atoms with E-state index in [9.17, 15) is 9.59 Å². The number of hydrogen-bond acceptors (Lipinski definition) is 3. The van der Waals surface area contributed by atoms with Gasteiger partial charge >= 0.3 is 5.97 Å². The lowest BCUT2D eigenvalue weighted by atomic mass is 9.92. The van der Waals surface area contributed by atoms with Gasteiger partial charge in [-0.05, 0) is 17.7 Å². The summed E-state index contributed by atoms with van der Waals surface area (Å²) < 4.78 is 5.19. The largest absolute Gasteiger partial charge is 0.481 e. The summed E-state index contributed by atoms with van der Waals surface area (Å²) in [7, 11) is 0. The second-order valence-corrected chi connectivity index (χ2v) is 5.09. The third kappa shape index (κ3) is 5.09. The average molecular weight is 301 g/mol. The standard InChI is InChI=1S/C17H19NO4/c19-16(18-9-8-15-7-4-10-22-15)11-14(12-17(20)21)13-5-2-1-3-6-13/h1-7,10,14H,8-9,11-12H2,(H,18,19)(H,20,21). The third-order valence-electron chi connectivity index (χ3n) is 3.40. The maximum atomic E-state index is 12.0. The Kier molecular flexibility index (Phi) is 5.77. The smallest absolute Gasteiger partial charge is 0.303 e. The first-order valence-electron chi connectivity index (χ1n) is 7.21. The Hall–Kier alpha value is -2.56. The van der Waals surface area contributed by atoms with E-state index in [0.29, 0.717) is 13.0 Å². The first-order valence-corrected chi connectivity index (χ1v) is 7.21. The number of carbonyl (C=O) groups is 2. The van der Waals surface area contributed by atoms with Gasteiger partial charge in [-0.25, -0.2) is 0 Å². The Labute approximate surface area is 129 Å². The number of nitrogens with one attached hydrogen (secondary N) is 1. The maximum absolute atomic E-state index is 12.0. The van der Waals surface area contributed by atoms with Crippen LogP contribution in [-0.4, -0.2) is 23.5 Å². The number of benzene rings is 1. The Morgan fingerprint density at radius 2 is 1.86 bits per heavy atom. The van der Waals surface area contributed by atoms with Crippen LogP contribution < -0.4 is 5.32 Å². The molecule has 5 heteroatoms. The van der Waals surface area contributed by atoms with E-state index in [0.717, 1.165) is 11.3 Å². The van der Waals surface area contributed by atoms with E-state index in [4.69, 9.17) is 9.52 Å². The van der Waals surface area contributed by atoms with Gasteiger partial charge in [0.2, 0.25) is 5.91 Å². The van der Waals surface area contributed by atoms with E-state index in [-0.39, 0.29) is 24.7 Å². The van der Waals surface area contributed by atoms with Crippen molar-refractivity contribution < 1.29 is 19.1 Å². The van der Waals surface area contributed by atoms with Gasteiger partial charge in [-0.1, -0.05) is 30.3 Å². The van der Waals surface area contributed by atoms with Crippen LogP contribution in [0.1, 0.15) is 30.1 Å². The molecular formula is C17H19NO4. The lowest BCUT2D eigenvalue weighted by Crippen LogP contribution is -2.27. The quantitative estimate of drug-likeness (QED) is 0.785. The summed E-state index contributed by atoms with van der Waals surface area (Å²) >= 11 is 0. The van der Waals surface area contributed by atoms with Crippen LogP contribution >= 0.6 is 0 Å². The highest BCUT2D eigenvalue weighted by atomic mass is 16.4. The van der Waals surface area contributed by atoms with Gasteiger partial charge in [-0.3, -0.25) is 9.59 Å². The first kappa shape index (κ1) is 15.8. The van der Waals surface area contributed by atoms with Crippen LogP contribution in [0.25, 0.3) is 0 Å². The molecule has 0 aliphatic heterocycles. The van der Waals surface area contributed by atoms with Crippen molar-refractivity contribution in [2.45, 2.75) is 25.2 Å². The van der Waals surface area contributed by atoms with Crippen molar-refractivity contribution in [2.24, 2.45) is 0 Å². The van der Waals surface area contributed by atoms with Crippen molar-refractivity contribution in [3.8, 4) is 0 Å². The predicted octanol–water partition coefficient (Wildman–Crippen LogP) is 2.59.